The zero-order valence-electron chi connectivity index (χ0n) is 10.0. The van der Waals surface area contributed by atoms with Gasteiger partial charge in [-0.25, -0.2) is 4.79 Å². The molecular formula is C8H10NNaO7. The van der Waals surface area contributed by atoms with Gasteiger partial charge in [-0.15, -0.1) is 0 Å². The van der Waals surface area contributed by atoms with E-state index in [0.29, 0.717) is 0 Å². The van der Waals surface area contributed by atoms with Crippen molar-refractivity contribution >= 4 is 17.9 Å². The van der Waals surface area contributed by atoms with Crippen LogP contribution in [0.25, 0.3) is 0 Å². The molecule has 0 saturated heterocycles. The predicted octanol–water partition coefficient (Wildman–Crippen LogP) is -3.58. The topological polar surface area (TPSA) is 145 Å². The summed E-state index contributed by atoms with van der Waals surface area (Å²) in [6, 6.07) is 1.45. The third-order valence-corrected chi connectivity index (χ3v) is 1.68. The molecule has 0 heterocycles. The molecule has 8 nitrogen and oxygen atoms in total. The first kappa shape index (κ1) is 18.2. The molecule has 0 unspecified atom stereocenters. The maximum absolute atomic E-state index is 10.8. The molecule has 0 aliphatic heterocycles. The van der Waals surface area contributed by atoms with Gasteiger partial charge < -0.3 is 21.5 Å². The summed E-state index contributed by atoms with van der Waals surface area (Å²) in [6.45, 7) is -0.702. The van der Waals surface area contributed by atoms with E-state index in [1.807, 2.05) is 0 Å². The van der Waals surface area contributed by atoms with E-state index < -0.39 is 43.0 Å². The summed E-state index contributed by atoms with van der Waals surface area (Å²) >= 11 is 0. The Hall–Kier alpha value is -1.14. The Balaban J connectivity index is -0.00000112. The Labute approximate surface area is 120 Å². The van der Waals surface area contributed by atoms with E-state index >= 15 is 0 Å². The van der Waals surface area contributed by atoms with E-state index in [1.54, 1.807) is 0 Å². The maximum atomic E-state index is 10.8. The normalized spacial score (nSPS) is 9.82. The summed E-state index contributed by atoms with van der Waals surface area (Å²) < 4.78 is 4.54. The first-order valence-electron chi connectivity index (χ1n) is 4.02. The minimum absolute atomic E-state index is 0. The molecule has 90 valence electrons. The fourth-order valence-electron chi connectivity index (χ4n) is 1.04. The van der Waals surface area contributed by atoms with Crippen molar-refractivity contribution in [1.29, 1.82) is 5.26 Å². The van der Waals surface area contributed by atoms with Gasteiger partial charge in [-0.2, -0.15) is 5.26 Å². The Morgan fingerprint density at radius 2 is 1.59 bits per heavy atom. The van der Waals surface area contributed by atoms with Crippen molar-refractivity contribution in [2.24, 2.45) is 0 Å². The third-order valence-electron chi connectivity index (χ3n) is 1.68. The monoisotopic (exact) mass is 255 g/mol. The number of hydrogen-bond acceptors (Lipinski definition) is 5. The molecule has 0 aromatic heterocycles. The molecule has 0 amide bonds. The number of ether oxygens (including phenoxy) is 1. The molecule has 0 radical (unpaired) electrons. The summed E-state index contributed by atoms with van der Waals surface area (Å²) in [7, 11) is 0. The van der Waals surface area contributed by atoms with Gasteiger partial charge in [-0.1, -0.05) is 0 Å². The zero-order chi connectivity index (χ0) is 12.8. The average molecular weight is 255 g/mol. The van der Waals surface area contributed by atoms with Crippen LogP contribution in [0.5, 0.6) is 0 Å². The molecule has 0 atom stereocenters. The van der Waals surface area contributed by atoms with Crippen LogP contribution in [0.1, 0.15) is 14.3 Å². The Morgan fingerprint density at radius 3 is 1.82 bits per heavy atom. The van der Waals surface area contributed by atoms with Crippen LogP contribution in [0.15, 0.2) is 0 Å². The number of carboxylic acids is 3. The Kier molecular flexibility index (Phi) is 8.61. The fourth-order valence-corrected chi connectivity index (χ4v) is 1.04. The van der Waals surface area contributed by atoms with E-state index in [4.69, 9.17) is 20.6 Å². The predicted molar refractivity (Wildman–Crippen MR) is 47.5 cm³/mol. The number of nitrogens with zero attached hydrogens (tertiary/aromatic N) is 1. The van der Waals surface area contributed by atoms with E-state index in [1.165, 1.54) is 6.07 Å². The Morgan fingerprint density at radius 1 is 1.18 bits per heavy atom. The third kappa shape index (κ3) is 6.23. The van der Waals surface area contributed by atoms with Crippen molar-refractivity contribution in [3.63, 3.8) is 0 Å². The van der Waals surface area contributed by atoms with E-state index in [2.05, 4.69) is 4.74 Å². The van der Waals surface area contributed by atoms with Crippen LogP contribution in [0.4, 0.5) is 0 Å². The minimum atomic E-state index is -2.41. The van der Waals surface area contributed by atoms with E-state index in [-0.39, 0.29) is 31.0 Å². The fraction of sp³-hybridized carbons (Fsp3) is 0.500. The molecule has 0 spiro atoms. The number of rotatable bonds is 7. The quantitative estimate of drug-likeness (QED) is 0.396. The summed E-state index contributed by atoms with van der Waals surface area (Å²) in [6.07, 6.45) is -2.06. The number of carboxylic acid groups (broad SMARTS) is 3. The number of hydrogen-bond donors (Lipinski definition) is 3. The second-order valence-electron chi connectivity index (χ2n) is 2.89. The number of carbonyl (C=O) groups is 3. The minimum Gasteiger partial charge on any atom is -1.00 e. The smallest absolute Gasteiger partial charge is 1.00 e. The van der Waals surface area contributed by atoms with Crippen LogP contribution in [-0.2, 0) is 19.1 Å². The van der Waals surface area contributed by atoms with Gasteiger partial charge in [-0.3, -0.25) is 9.59 Å². The van der Waals surface area contributed by atoms with Gasteiger partial charge in [0.2, 0.25) is 0 Å². The van der Waals surface area contributed by atoms with Gasteiger partial charge in [0.25, 0.3) is 0 Å². The molecule has 0 rings (SSSR count). The summed E-state index contributed by atoms with van der Waals surface area (Å²) in [5.74, 6) is -4.78. The molecule has 0 aliphatic carbocycles. The second-order valence-corrected chi connectivity index (χ2v) is 2.89. The number of aliphatic carboxylic acids is 3. The van der Waals surface area contributed by atoms with Gasteiger partial charge in [0.15, 0.2) is 5.60 Å². The van der Waals surface area contributed by atoms with Crippen molar-refractivity contribution < 1.29 is 65.4 Å². The van der Waals surface area contributed by atoms with Crippen molar-refractivity contribution in [2.75, 3.05) is 6.61 Å². The SMILES string of the molecule is N#CCOC(CC(=O)O)(CC(=O)O)C(=O)O.[H-].[Na+]. The molecule has 0 fully saturated rings. The first-order valence-corrected chi connectivity index (χ1v) is 4.02. The van der Waals surface area contributed by atoms with Crippen molar-refractivity contribution in [1.82, 2.24) is 0 Å². The second kappa shape index (κ2) is 8.03. The van der Waals surface area contributed by atoms with Gasteiger partial charge in [-0.05, 0) is 0 Å². The van der Waals surface area contributed by atoms with Gasteiger partial charge in [0.1, 0.15) is 6.61 Å². The molecular weight excluding hydrogens is 245 g/mol. The van der Waals surface area contributed by atoms with Crippen molar-refractivity contribution in [3.05, 3.63) is 0 Å². The molecule has 0 aromatic rings. The summed E-state index contributed by atoms with van der Waals surface area (Å²) in [5.41, 5.74) is -2.41. The molecule has 0 saturated carbocycles. The van der Waals surface area contributed by atoms with Crippen molar-refractivity contribution in [2.45, 2.75) is 18.4 Å². The summed E-state index contributed by atoms with van der Waals surface area (Å²) in [4.78, 5) is 31.7. The van der Waals surface area contributed by atoms with Crippen LogP contribution in [0.2, 0.25) is 0 Å². The molecule has 17 heavy (non-hydrogen) atoms. The zero-order valence-corrected chi connectivity index (χ0v) is 11.0. The largest absolute Gasteiger partial charge is 1.00 e. The standard InChI is InChI=1S/C8H9NO7.Na.H/c9-1-2-16-8(7(14)15,3-5(10)11)4-6(12)13;;/h2-4H2,(H,10,11)(H,12,13)(H,14,15);;/q;+1;-1. The first-order chi connectivity index (χ1) is 7.34. The number of nitriles is 1. The van der Waals surface area contributed by atoms with E-state index in [9.17, 15) is 14.4 Å². The molecule has 9 heteroatoms. The van der Waals surface area contributed by atoms with Crippen LogP contribution >= 0.6 is 0 Å². The van der Waals surface area contributed by atoms with E-state index in [0.717, 1.165) is 0 Å². The van der Waals surface area contributed by atoms with Gasteiger partial charge in [0, 0.05) is 0 Å². The maximum Gasteiger partial charge on any atom is 1.00 e. The summed E-state index contributed by atoms with van der Waals surface area (Å²) in [5, 5.41) is 34.0. The van der Waals surface area contributed by atoms with Crippen LogP contribution < -0.4 is 29.6 Å². The molecule has 3 N–H and O–H groups in total. The van der Waals surface area contributed by atoms with Crippen LogP contribution in [0, 0.1) is 11.3 Å². The Bertz CT molecular complexity index is 338. The van der Waals surface area contributed by atoms with Gasteiger partial charge in [0.05, 0.1) is 18.9 Å². The average Bonchev–Trinajstić information content (AvgIpc) is 2.11. The van der Waals surface area contributed by atoms with Crippen LogP contribution in [0.3, 0.4) is 0 Å². The molecule has 0 aliphatic rings. The molecule has 0 bridgehead atoms. The van der Waals surface area contributed by atoms with Crippen LogP contribution in [-0.4, -0.2) is 45.4 Å². The van der Waals surface area contributed by atoms with Crippen molar-refractivity contribution in [3.8, 4) is 6.07 Å². The van der Waals surface area contributed by atoms with Gasteiger partial charge >= 0.3 is 47.5 Å². The molecule has 0 aromatic carbocycles.